The molecule has 7 nitrogen and oxygen atoms in total. The van der Waals surface area contributed by atoms with Crippen molar-refractivity contribution in [2.75, 3.05) is 26.2 Å². The maximum atomic E-state index is 11.0. The molecular formula is C26H49NO6. The number of piperidine rings is 1. The maximum Gasteiger partial charge on any atom is 0.190 e. The Balaban J connectivity index is 1.46. The number of aliphatic hydroxyl groups is 1. The Labute approximate surface area is 201 Å². The predicted octanol–water partition coefficient (Wildman–Crippen LogP) is 4.60. The second-order valence-corrected chi connectivity index (χ2v) is 10.4. The van der Waals surface area contributed by atoms with Gasteiger partial charge in [0.05, 0.1) is 6.10 Å². The molecule has 0 aromatic rings. The van der Waals surface area contributed by atoms with Crippen molar-refractivity contribution in [2.45, 2.75) is 141 Å². The normalized spacial score (nSPS) is 31.5. The second kappa shape index (κ2) is 13.7. The molecule has 0 bridgehead atoms. The summed E-state index contributed by atoms with van der Waals surface area (Å²) in [6.45, 7) is 11.5. The van der Waals surface area contributed by atoms with Gasteiger partial charge in [-0.2, -0.15) is 0 Å². The van der Waals surface area contributed by atoms with Crippen molar-refractivity contribution < 1.29 is 28.8 Å². The van der Waals surface area contributed by atoms with Gasteiger partial charge in [-0.05, 0) is 52.6 Å². The van der Waals surface area contributed by atoms with Crippen molar-refractivity contribution in [1.82, 2.24) is 4.90 Å². The minimum absolute atomic E-state index is 0.342. The van der Waals surface area contributed by atoms with Crippen LogP contribution in [0.25, 0.3) is 0 Å². The molecule has 0 radical (unpaired) electrons. The number of aliphatic hydroxyl groups excluding tert-OH is 1. The molecule has 3 saturated heterocycles. The zero-order valence-electron chi connectivity index (χ0n) is 21.5. The lowest BCUT2D eigenvalue weighted by molar-refractivity contribution is -0.287. The summed E-state index contributed by atoms with van der Waals surface area (Å²) >= 11 is 0. The molecule has 3 aliphatic heterocycles. The fraction of sp³-hybridized carbons (Fsp3) is 1.00. The number of hydrogen-bond acceptors (Lipinski definition) is 7. The first kappa shape index (κ1) is 27.3. The molecule has 7 heteroatoms. The molecule has 3 fully saturated rings. The third kappa shape index (κ3) is 8.41. The monoisotopic (exact) mass is 471 g/mol. The molecule has 0 aliphatic carbocycles. The Morgan fingerprint density at radius 3 is 2.30 bits per heavy atom. The van der Waals surface area contributed by atoms with Crippen LogP contribution in [0.15, 0.2) is 0 Å². The van der Waals surface area contributed by atoms with E-state index in [2.05, 4.69) is 18.7 Å². The van der Waals surface area contributed by atoms with Gasteiger partial charge in [-0.25, -0.2) is 0 Å². The van der Waals surface area contributed by atoms with E-state index in [4.69, 9.17) is 23.7 Å². The Morgan fingerprint density at radius 2 is 1.61 bits per heavy atom. The molecule has 3 aliphatic rings. The third-order valence-corrected chi connectivity index (χ3v) is 6.99. The van der Waals surface area contributed by atoms with Crippen LogP contribution < -0.4 is 0 Å². The zero-order valence-corrected chi connectivity index (χ0v) is 21.5. The fourth-order valence-corrected chi connectivity index (χ4v) is 5.20. The lowest BCUT2D eigenvalue weighted by Crippen LogP contribution is -2.46. The summed E-state index contributed by atoms with van der Waals surface area (Å²) in [5.74, 6) is -0.718. The van der Waals surface area contributed by atoms with Gasteiger partial charge in [0.25, 0.3) is 0 Å². The Morgan fingerprint density at radius 1 is 0.939 bits per heavy atom. The average molecular weight is 472 g/mol. The van der Waals surface area contributed by atoms with Crippen LogP contribution in [0, 0.1) is 0 Å². The van der Waals surface area contributed by atoms with Crippen molar-refractivity contribution in [3.63, 3.8) is 0 Å². The van der Waals surface area contributed by atoms with Gasteiger partial charge in [-0.3, -0.25) is 0 Å². The highest BCUT2D eigenvalue weighted by Gasteiger charge is 2.58. The van der Waals surface area contributed by atoms with Crippen molar-refractivity contribution in [3.05, 3.63) is 0 Å². The second-order valence-electron chi connectivity index (χ2n) is 10.4. The summed E-state index contributed by atoms with van der Waals surface area (Å²) < 4.78 is 30.8. The number of rotatable bonds is 15. The lowest BCUT2D eigenvalue weighted by Gasteiger charge is -2.32. The van der Waals surface area contributed by atoms with Gasteiger partial charge < -0.3 is 33.7 Å². The lowest BCUT2D eigenvalue weighted by atomic mass is 10.0. The van der Waals surface area contributed by atoms with Crippen LogP contribution >= 0.6 is 0 Å². The van der Waals surface area contributed by atoms with Gasteiger partial charge >= 0.3 is 0 Å². The van der Waals surface area contributed by atoms with Crippen LogP contribution in [0.5, 0.6) is 0 Å². The predicted molar refractivity (Wildman–Crippen MR) is 128 cm³/mol. The first-order valence-electron chi connectivity index (χ1n) is 13.6. The van der Waals surface area contributed by atoms with Gasteiger partial charge in [-0.15, -0.1) is 0 Å². The molecule has 6 atom stereocenters. The number of β-amino-alcohol motifs (C(OH)–C–C–N with tert-alkyl or cyclic N) is 1. The Kier molecular flexibility index (Phi) is 11.3. The van der Waals surface area contributed by atoms with Gasteiger partial charge in [-0.1, -0.05) is 58.8 Å². The molecule has 33 heavy (non-hydrogen) atoms. The van der Waals surface area contributed by atoms with Crippen LogP contribution in [0.3, 0.4) is 0 Å². The van der Waals surface area contributed by atoms with E-state index in [1.54, 1.807) is 0 Å². The van der Waals surface area contributed by atoms with Crippen LogP contribution in [0.4, 0.5) is 0 Å². The van der Waals surface area contributed by atoms with E-state index in [9.17, 15) is 5.11 Å². The van der Waals surface area contributed by atoms with Crippen molar-refractivity contribution in [2.24, 2.45) is 0 Å². The molecule has 0 saturated carbocycles. The first-order valence-corrected chi connectivity index (χ1v) is 13.6. The average Bonchev–Trinajstić information content (AvgIpc) is 3.28. The van der Waals surface area contributed by atoms with E-state index in [0.717, 1.165) is 25.9 Å². The summed E-state index contributed by atoms with van der Waals surface area (Å²) in [7, 11) is 0. The highest BCUT2D eigenvalue weighted by Crippen LogP contribution is 2.40. The number of ether oxygens (including phenoxy) is 5. The Hall–Kier alpha value is -0.280. The van der Waals surface area contributed by atoms with E-state index < -0.39 is 24.3 Å². The number of unbranched alkanes of at least 4 members (excludes halogenated alkanes) is 6. The summed E-state index contributed by atoms with van der Waals surface area (Å²) in [6, 6.07) is 0. The van der Waals surface area contributed by atoms with Gasteiger partial charge in [0.2, 0.25) is 0 Å². The number of fused-ring (bicyclic) bond motifs is 1. The van der Waals surface area contributed by atoms with E-state index in [1.807, 2.05) is 13.8 Å². The largest absolute Gasteiger partial charge is 0.389 e. The van der Waals surface area contributed by atoms with Gasteiger partial charge in [0.1, 0.15) is 18.3 Å². The molecule has 0 amide bonds. The van der Waals surface area contributed by atoms with Crippen molar-refractivity contribution in [3.8, 4) is 0 Å². The highest BCUT2D eigenvalue weighted by molar-refractivity contribution is 4.98. The third-order valence-electron chi connectivity index (χ3n) is 6.99. The molecule has 0 aromatic heterocycles. The standard InChI is InChI=1S/C26H49NO6/c1-5-7-8-9-10-11-15-18-29-21(6-2)30-25-24-23(32-26(3,4)33-24)22(31-25)20(28)19-27-16-13-12-14-17-27/h20-25,28H,5-19H2,1-4H3/t20-,21?,22-,23+,24+,25+/m1/s1. The smallest absolute Gasteiger partial charge is 0.190 e. The summed E-state index contributed by atoms with van der Waals surface area (Å²) in [5, 5.41) is 11.0. The number of likely N-dealkylation sites (tertiary alicyclic amines) is 1. The SMILES string of the molecule is CCCCCCCCCOC(CC)O[C@H]1O[C@H]([C@H](O)CN2CCCCC2)[C@@H]2OC(C)(C)O[C@H]12. The summed E-state index contributed by atoms with van der Waals surface area (Å²) in [6.07, 6.45) is 10.4. The molecule has 0 aromatic carbocycles. The van der Waals surface area contributed by atoms with E-state index >= 15 is 0 Å². The highest BCUT2D eigenvalue weighted by atomic mass is 16.8. The summed E-state index contributed by atoms with van der Waals surface area (Å²) in [4.78, 5) is 2.32. The molecule has 194 valence electrons. The minimum Gasteiger partial charge on any atom is -0.389 e. The molecule has 1 N–H and O–H groups in total. The first-order chi connectivity index (χ1) is 15.9. The fourth-order valence-electron chi connectivity index (χ4n) is 5.20. The zero-order chi connectivity index (χ0) is 23.7. The Bertz CT molecular complexity index is 541. The van der Waals surface area contributed by atoms with Gasteiger partial charge in [0.15, 0.2) is 18.4 Å². The van der Waals surface area contributed by atoms with Crippen molar-refractivity contribution >= 4 is 0 Å². The van der Waals surface area contributed by atoms with E-state index in [0.29, 0.717) is 13.2 Å². The van der Waals surface area contributed by atoms with Gasteiger partial charge in [0, 0.05) is 13.2 Å². The van der Waals surface area contributed by atoms with Crippen molar-refractivity contribution in [1.29, 1.82) is 0 Å². The topological polar surface area (TPSA) is 69.6 Å². The molecule has 3 rings (SSSR count). The van der Waals surface area contributed by atoms with Crippen LogP contribution in [0.1, 0.15) is 98.3 Å². The molecule has 0 spiro atoms. The van der Waals surface area contributed by atoms with Crippen LogP contribution in [-0.4, -0.2) is 79.0 Å². The molecule has 1 unspecified atom stereocenters. The quantitative estimate of drug-likeness (QED) is 0.276. The van der Waals surface area contributed by atoms with Crippen LogP contribution in [-0.2, 0) is 23.7 Å². The summed E-state index contributed by atoms with van der Waals surface area (Å²) in [5.41, 5.74) is 0. The maximum absolute atomic E-state index is 11.0. The van der Waals surface area contributed by atoms with E-state index in [1.165, 1.54) is 57.8 Å². The number of hydrogen-bond donors (Lipinski definition) is 1. The van der Waals surface area contributed by atoms with E-state index in [-0.39, 0.29) is 18.5 Å². The number of nitrogens with zero attached hydrogens (tertiary/aromatic N) is 1. The molecule has 3 heterocycles. The molecular weight excluding hydrogens is 422 g/mol. The minimum atomic E-state index is -0.718. The van der Waals surface area contributed by atoms with Crippen LogP contribution in [0.2, 0.25) is 0 Å².